The monoisotopic (exact) mass is 944 g/mol. The molecule has 6 aliphatic rings. The van der Waals surface area contributed by atoms with E-state index in [9.17, 15) is 19.2 Å². The number of aromatic nitrogens is 4. The number of hydrogen-bond acceptors (Lipinski definition) is 8. The standard InChI is InChI=1S/C56H64N8O6/c1-33(2)49(61-55(67)69-5)53(65)63-27-7-9-47(63)51-57-31-45(59-51)41-23-19-39(20-24-41)43-29-35-11-15-37(43)17-13-36-12-16-38(18-14-35)44(30-36)40-21-25-42(26-22-40)46-32-58-52(60-46)48-10-8-28-64(48)54(66)50(34(3)4)62-56(68)70-6/h11-12,15-16,19-26,29-34,47-50H,7-10,13-14,17-18,27-28H2,1-6H3,(H,57,59)(H,58,60)(H,61,67)(H,62,68). The molecule has 2 aliphatic heterocycles. The summed E-state index contributed by atoms with van der Waals surface area (Å²) >= 11 is 0. The van der Waals surface area contributed by atoms with E-state index in [-0.39, 0.29) is 35.7 Å². The maximum atomic E-state index is 13.7. The molecule has 14 heteroatoms. The predicted octanol–water partition coefficient (Wildman–Crippen LogP) is 9.77. The third-order valence-electron chi connectivity index (χ3n) is 14.4. The highest BCUT2D eigenvalue weighted by Gasteiger charge is 2.39. The van der Waals surface area contributed by atoms with Crippen molar-refractivity contribution in [2.75, 3.05) is 27.3 Å². The molecule has 0 spiro atoms. The Balaban J connectivity index is 0.873. The van der Waals surface area contributed by atoms with Gasteiger partial charge in [-0.2, -0.15) is 0 Å². The molecule has 12 rings (SSSR count). The first kappa shape index (κ1) is 47.8. The normalized spacial score (nSPS) is 17.6. The lowest BCUT2D eigenvalue weighted by atomic mass is 9.87. The topological polar surface area (TPSA) is 175 Å². The summed E-state index contributed by atoms with van der Waals surface area (Å²) in [5.41, 5.74) is 13.9. The molecule has 0 radical (unpaired) electrons. The number of nitrogens with one attached hydrogen (secondary N) is 4. The summed E-state index contributed by atoms with van der Waals surface area (Å²) in [4.78, 5) is 71.7. The van der Waals surface area contributed by atoms with Crippen LogP contribution in [0.4, 0.5) is 9.59 Å². The number of imidazole rings is 2. The Morgan fingerprint density at radius 1 is 0.557 bits per heavy atom. The number of aromatic amines is 2. The number of nitrogens with zero attached hydrogens (tertiary/aromatic N) is 4. The Labute approximate surface area is 410 Å². The van der Waals surface area contributed by atoms with E-state index < -0.39 is 24.3 Å². The van der Waals surface area contributed by atoms with Gasteiger partial charge in [-0.05, 0) is 119 Å². The fourth-order valence-electron chi connectivity index (χ4n) is 10.4. The molecule has 4 atom stereocenters. The van der Waals surface area contributed by atoms with E-state index in [0.717, 1.165) is 85.5 Å². The van der Waals surface area contributed by atoms with Gasteiger partial charge in [-0.1, -0.05) is 113 Å². The van der Waals surface area contributed by atoms with E-state index in [0.29, 0.717) is 13.1 Å². The zero-order valence-electron chi connectivity index (χ0n) is 41.0. The SMILES string of the molecule is COC(=O)NC(C(=O)N1CCCC1c1ncc(-c2ccc(-c3cc4ccc3CCc3ccc(c(-c5ccc(-c6cnc(C7CCCN7C(=O)C(NC(=O)OC)C(C)C)[nH]6)cc5)c3)CC4)cc2)[nH]1)C(C)C. The molecular weight excluding hydrogens is 881 g/mol. The number of methoxy groups -OCH3 is 2. The molecule has 4 heterocycles. The second-order valence-electron chi connectivity index (χ2n) is 19.6. The number of alkyl carbamates (subject to hydrolysis) is 2. The van der Waals surface area contributed by atoms with E-state index in [1.54, 1.807) is 0 Å². The highest BCUT2D eigenvalue weighted by atomic mass is 16.5. The summed E-state index contributed by atoms with van der Waals surface area (Å²) in [6.45, 7) is 8.87. The van der Waals surface area contributed by atoms with Gasteiger partial charge >= 0.3 is 12.2 Å². The van der Waals surface area contributed by atoms with Crippen molar-refractivity contribution in [2.45, 2.75) is 103 Å². The summed E-state index contributed by atoms with van der Waals surface area (Å²) in [5.74, 6) is 1.03. The Bertz CT molecular complexity index is 2660. The molecule has 4 N–H and O–H groups in total. The second-order valence-corrected chi connectivity index (χ2v) is 19.6. The summed E-state index contributed by atoms with van der Waals surface area (Å²) in [6.07, 6.45) is 9.35. The molecule has 70 heavy (non-hydrogen) atoms. The van der Waals surface area contributed by atoms with Crippen molar-refractivity contribution >= 4 is 24.0 Å². The van der Waals surface area contributed by atoms with Crippen LogP contribution in [0.1, 0.15) is 99.4 Å². The lowest BCUT2D eigenvalue weighted by Crippen LogP contribution is -2.51. The molecule has 364 valence electrons. The smallest absolute Gasteiger partial charge is 0.407 e. The van der Waals surface area contributed by atoms with Crippen LogP contribution in [-0.2, 0) is 44.7 Å². The van der Waals surface area contributed by atoms with E-state index in [1.165, 1.54) is 58.7 Å². The van der Waals surface area contributed by atoms with Crippen LogP contribution in [0.2, 0.25) is 0 Å². The van der Waals surface area contributed by atoms with Crippen molar-refractivity contribution in [1.82, 2.24) is 40.4 Å². The average Bonchev–Trinajstić information content (AvgIpc) is 4.23. The molecule has 2 fully saturated rings. The van der Waals surface area contributed by atoms with Crippen LogP contribution < -0.4 is 10.6 Å². The van der Waals surface area contributed by atoms with Gasteiger partial charge in [-0.15, -0.1) is 0 Å². The van der Waals surface area contributed by atoms with E-state index in [1.807, 2.05) is 49.9 Å². The lowest BCUT2D eigenvalue weighted by molar-refractivity contribution is -0.136. The van der Waals surface area contributed by atoms with Crippen molar-refractivity contribution in [3.05, 3.63) is 131 Å². The van der Waals surface area contributed by atoms with Gasteiger partial charge in [0.1, 0.15) is 23.7 Å². The van der Waals surface area contributed by atoms with E-state index in [4.69, 9.17) is 19.4 Å². The van der Waals surface area contributed by atoms with Gasteiger partial charge in [0.25, 0.3) is 0 Å². The van der Waals surface area contributed by atoms with Crippen LogP contribution in [0, 0.1) is 11.8 Å². The Morgan fingerprint density at radius 3 is 1.31 bits per heavy atom. The quantitative estimate of drug-likeness (QED) is 0.0938. The molecule has 4 aliphatic carbocycles. The Hall–Kier alpha value is -7.22. The van der Waals surface area contributed by atoms with Gasteiger partial charge in [0.15, 0.2) is 0 Å². The van der Waals surface area contributed by atoms with Gasteiger partial charge < -0.3 is 39.9 Å². The first-order valence-corrected chi connectivity index (χ1v) is 24.7. The zero-order chi connectivity index (χ0) is 49.1. The number of H-pyrrole nitrogens is 2. The maximum absolute atomic E-state index is 13.7. The zero-order valence-corrected chi connectivity index (χ0v) is 41.0. The van der Waals surface area contributed by atoms with Gasteiger partial charge in [-0.3, -0.25) is 9.59 Å². The fraction of sp³-hybridized carbons (Fsp3) is 0.393. The molecule has 4 aromatic carbocycles. The summed E-state index contributed by atoms with van der Waals surface area (Å²) in [6, 6.07) is 29.5. The number of rotatable bonds is 12. The van der Waals surface area contributed by atoms with Crippen molar-refractivity contribution < 1.29 is 28.7 Å². The van der Waals surface area contributed by atoms with Gasteiger partial charge in [0.05, 0.1) is 50.1 Å². The van der Waals surface area contributed by atoms with Crippen molar-refractivity contribution in [2.24, 2.45) is 11.8 Å². The number of ether oxygens (including phenoxy) is 2. The molecule has 4 bridgehead atoms. The van der Waals surface area contributed by atoms with Gasteiger partial charge in [0.2, 0.25) is 11.8 Å². The van der Waals surface area contributed by atoms with Crippen LogP contribution in [0.25, 0.3) is 44.8 Å². The summed E-state index contributed by atoms with van der Waals surface area (Å²) < 4.78 is 9.60. The molecule has 2 saturated heterocycles. The number of likely N-dealkylation sites (tertiary alicyclic amines) is 2. The first-order chi connectivity index (χ1) is 33.9. The largest absolute Gasteiger partial charge is 0.453 e. The molecule has 0 saturated carbocycles. The number of carbonyl (C=O) groups is 4. The highest BCUT2D eigenvalue weighted by Crippen LogP contribution is 2.37. The minimum Gasteiger partial charge on any atom is -0.453 e. The van der Waals surface area contributed by atoms with Crippen LogP contribution in [0.15, 0.2) is 97.3 Å². The summed E-state index contributed by atoms with van der Waals surface area (Å²) in [7, 11) is 2.60. The molecule has 4 amide bonds. The third kappa shape index (κ3) is 10.1. The predicted molar refractivity (Wildman–Crippen MR) is 269 cm³/mol. The fourth-order valence-corrected chi connectivity index (χ4v) is 10.4. The minimum atomic E-state index is -0.685. The Kier molecular flexibility index (Phi) is 14.2. The highest BCUT2D eigenvalue weighted by molar-refractivity contribution is 5.87. The van der Waals surface area contributed by atoms with Crippen molar-refractivity contribution in [3.8, 4) is 44.8 Å². The number of carbonyl (C=O) groups excluding carboxylic acids is 4. The second kappa shape index (κ2) is 20.8. The number of amides is 4. The van der Waals surface area contributed by atoms with E-state index in [2.05, 4.69) is 106 Å². The molecule has 4 unspecified atom stereocenters. The van der Waals surface area contributed by atoms with Gasteiger partial charge in [0, 0.05) is 13.1 Å². The third-order valence-corrected chi connectivity index (χ3v) is 14.4. The first-order valence-electron chi connectivity index (χ1n) is 24.7. The average molecular weight is 945 g/mol. The van der Waals surface area contributed by atoms with Crippen molar-refractivity contribution in [1.29, 1.82) is 0 Å². The van der Waals surface area contributed by atoms with Crippen LogP contribution in [0.3, 0.4) is 0 Å². The van der Waals surface area contributed by atoms with Crippen molar-refractivity contribution in [3.63, 3.8) is 0 Å². The number of hydrogen-bond donors (Lipinski definition) is 4. The van der Waals surface area contributed by atoms with Crippen LogP contribution in [0.5, 0.6) is 0 Å². The summed E-state index contributed by atoms with van der Waals surface area (Å²) in [5, 5.41) is 5.45. The lowest BCUT2D eigenvalue weighted by Gasteiger charge is -2.30. The number of benzene rings is 4. The molecular formula is C56H64N8O6. The maximum Gasteiger partial charge on any atom is 0.407 e. The van der Waals surface area contributed by atoms with E-state index >= 15 is 0 Å². The molecule has 2 aromatic heterocycles. The van der Waals surface area contributed by atoms with Gasteiger partial charge in [-0.25, -0.2) is 19.6 Å². The molecule has 14 nitrogen and oxygen atoms in total. The Morgan fingerprint density at radius 2 is 0.943 bits per heavy atom. The van der Waals surface area contributed by atoms with Crippen LogP contribution >= 0.6 is 0 Å². The number of aryl methyl sites for hydroxylation is 4. The minimum absolute atomic E-state index is 0.103. The van der Waals surface area contributed by atoms with Crippen LogP contribution in [-0.4, -0.2) is 93.1 Å². The molecule has 6 aromatic rings.